The van der Waals surface area contributed by atoms with Crippen LogP contribution in [0.25, 0.3) is 10.2 Å². The highest BCUT2D eigenvalue weighted by Crippen LogP contribution is 2.33. The van der Waals surface area contributed by atoms with Crippen LogP contribution < -0.4 is 5.32 Å². The van der Waals surface area contributed by atoms with Crippen LogP contribution in [0.5, 0.6) is 0 Å². The number of likely N-dealkylation sites (tertiary alicyclic amines) is 1. The fourth-order valence-electron chi connectivity index (χ4n) is 3.70. The molecule has 6 heteroatoms. The number of benzene rings is 2. The maximum Gasteiger partial charge on any atom is 0.241 e. The number of rotatable bonds is 4. The van der Waals surface area contributed by atoms with Gasteiger partial charge in [-0.1, -0.05) is 18.2 Å². The quantitative estimate of drug-likeness (QED) is 0.718. The zero-order valence-corrected chi connectivity index (χ0v) is 16.6. The molecule has 4 rings (SSSR count). The normalized spacial score (nSPS) is 18.5. The lowest BCUT2D eigenvalue weighted by Gasteiger charge is -2.35. The predicted molar refractivity (Wildman–Crippen MR) is 112 cm³/mol. The third kappa shape index (κ3) is 3.91. The van der Waals surface area contributed by atoms with Gasteiger partial charge in [0.25, 0.3) is 0 Å². The third-order valence-corrected chi connectivity index (χ3v) is 6.50. The standard InChI is InChI=1S/C22H22N4OS/c1-15(21(27)24-18-8-4-6-16(12-18)13-23)26-11-5-7-17(14-26)22-25-19-9-2-3-10-20(19)28-22/h2-4,6,8-10,12,15,17H,5,7,11,14H2,1H3,(H,24,27)/t15-,17+/m1/s1. The van der Waals surface area contributed by atoms with Gasteiger partial charge in [0.15, 0.2) is 0 Å². The van der Waals surface area contributed by atoms with Crippen LogP contribution in [0.4, 0.5) is 5.69 Å². The molecule has 2 heterocycles. The van der Waals surface area contributed by atoms with Gasteiger partial charge in [0, 0.05) is 18.2 Å². The number of carbonyl (C=O) groups excluding carboxylic acids is 1. The Morgan fingerprint density at radius 1 is 1.32 bits per heavy atom. The Labute approximate surface area is 168 Å². The van der Waals surface area contributed by atoms with Gasteiger partial charge >= 0.3 is 0 Å². The van der Waals surface area contributed by atoms with Crippen molar-refractivity contribution in [2.45, 2.75) is 31.7 Å². The lowest BCUT2D eigenvalue weighted by Crippen LogP contribution is -2.46. The second-order valence-electron chi connectivity index (χ2n) is 7.21. The Bertz CT molecular complexity index is 1010. The van der Waals surface area contributed by atoms with Crippen LogP contribution >= 0.6 is 11.3 Å². The van der Waals surface area contributed by atoms with Gasteiger partial charge in [0.05, 0.1) is 32.9 Å². The number of hydrogen-bond acceptors (Lipinski definition) is 5. The van der Waals surface area contributed by atoms with E-state index in [-0.39, 0.29) is 11.9 Å². The summed E-state index contributed by atoms with van der Waals surface area (Å²) >= 11 is 1.76. The van der Waals surface area contributed by atoms with Crippen molar-refractivity contribution in [3.63, 3.8) is 0 Å². The summed E-state index contributed by atoms with van der Waals surface area (Å²) in [7, 11) is 0. The minimum absolute atomic E-state index is 0.0416. The number of hydrogen-bond donors (Lipinski definition) is 1. The maximum absolute atomic E-state index is 12.7. The van der Waals surface area contributed by atoms with Crippen molar-refractivity contribution in [3.05, 3.63) is 59.1 Å². The average molecular weight is 391 g/mol. The molecule has 1 aliphatic heterocycles. The highest BCUT2D eigenvalue weighted by atomic mass is 32.1. The first-order chi connectivity index (χ1) is 13.6. The SMILES string of the molecule is C[C@H](C(=O)Nc1cccc(C#N)c1)N1CCC[C@H](c2nc3ccccc3s2)C1. The first kappa shape index (κ1) is 18.6. The first-order valence-electron chi connectivity index (χ1n) is 9.54. The van der Waals surface area contributed by atoms with Crippen LogP contribution in [-0.2, 0) is 4.79 Å². The molecule has 0 aliphatic carbocycles. The largest absolute Gasteiger partial charge is 0.325 e. The van der Waals surface area contributed by atoms with Crippen molar-refractivity contribution < 1.29 is 4.79 Å². The van der Waals surface area contributed by atoms with Crippen molar-refractivity contribution in [1.29, 1.82) is 5.26 Å². The predicted octanol–water partition coefficient (Wildman–Crippen LogP) is 4.37. The van der Waals surface area contributed by atoms with E-state index in [0.29, 0.717) is 17.2 Å². The minimum atomic E-state index is -0.233. The molecule has 0 radical (unpaired) electrons. The Morgan fingerprint density at radius 2 is 2.18 bits per heavy atom. The van der Waals surface area contributed by atoms with Gasteiger partial charge in [-0.2, -0.15) is 5.26 Å². The number of amides is 1. The monoisotopic (exact) mass is 390 g/mol. The van der Waals surface area contributed by atoms with Crippen LogP contribution in [0.1, 0.15) is 36.3 Å². The molecular weight excluding hydrogens is 368 g/mol. The number of piperidine rings is 1. The number of nitrogens with one attached hydrogen (secondary N) is 1. The summed E-state index contributed by atoms with van der Waals surface area (Å²) < 4.78 is 1.22. The van der Waals surface area contributed by atoms with Crippen LogP contribution in [0.2, 0.25) is 0 Å². The number of fused-ring (bicyclic) bond motifs is 1. The summed E-state index contributed by atoms with van der Waals surface area (Å²) in [5.41, 5.74) is 2.26. The lowest BCUT2D eigenvalue weighted by atomic mass is 9.97. The van der Waals surface area contributed by atoms with Crippen LogP contribution in [-0.4, -0.2) is 34.9 Å². The molecular formula is C22H22N4OS. The Kier molecular flexibility index (Phi) is 5.38. The van der Waals surface area contributed by atoms with E-state index in [0.717, 1.165) is 31.4 Å². The molecule has 0 unspecified atom stereocenters. The fourth-order valence-corrected chi connectivity index (χ4v) is 4.80. The second-order valence-corrected chi connectivity index (χ2v) is 8.27. The molecule has 28 heavy (non-hydrogen) atoms. The molecule has 0 spiro atoms. The van der Waals surface area contributed by atoms with Gasteiger partial charge in [0.1, 0.15) is 0 Å². The highest BCUT2D eigenvalue weighted by molar-refractivity contribution is 7.18. The summed E-state index contributed by atoms with van der Waals surface area (Å²) in [6.45, 7) is 3.70. The molecule has 1 aromatic heterocycles. The maximum atomic E-state index is 12.7. The van der Waals surface area contributed by atoms with E-state index in [2.05, 4.69) is 28.4 Å². The fraction of sp³-hybridized carbons (Fsp3) is 0.318. The second kappa shape index (κ2) is 8.09. The number of anilines is 1. The summed E-state index contributed by atoms with van der Waals surface area (Å²) in [4.78, 5) is 19.8. The van der Waals surface area contributed by atoms with E-state index >= 15 is 0 Å². The van der Waals surface area contributed by atoms with E-state index < -0.39 is 0 Å². The molecule has 142 valence electrons. The Hall–Kier alpha value is -2.75. The van der Waals surface area contributed by atoms with Crippen molar-refractivity contribution in [1.82, 2.24) is 9.88 Å². The molecule has 2 atom stereocenters. The summed E-state index contributed by atoms with van der Waals surface area (Å²) in [6, 6.07) is 17.1. The van der Waals surface area contributed by atoms with Crippen molar-refractivity contribution >= 4 is 33.1 Å². The van der Waals surface area contributed by atoms with Crippen LogP contribution in [0.3, 0.4) is 0 Å². The number of carbonyl (C=O) groups is 1. The van der Waals surface area contributed by atoms with Crippen LogP contribution in [0.15, 0.2) is 48.5 Å². The molecule has 0 saturated carbocycles. The van der Waals surface area contributed by atoms with E-state index in [1.54, 1.807) is 29.5 Å². The van der Waals surface area contributed by atoms with Gasteiger partial charge in [-0.05, 0) is 56.6 Å². The van der Waals surface area contributed by atoms with Gasteiger partial charge in [-0.3, -0.25) is 9.69 Å². The summed E-state index contributed by atoms with van der Waals surface area (Å²) in [5, 5.41) is 13.1. The molecule has 1 N–H and O–H groups in total. The van der Waals surface area contributed by atoms with Crippen molar-refractivity contribution in [2.24, 2.45) is 0 Å². The molecule has 1 aliphatic rings. The zero-order valence-electron chi connectivity index (χ0n) is 15.8. The number of nitriles is 1. The summed E-state index contributed by atoms with van der Waals surface area (Å²) in [5.74, 6) is 0.323. The topological polar surface area (TPSA) is 69.0 Å². The molecule has 1 saturated heterocycles. The highest BCUT2D eigenvalue weighted by Gasteiger charge is 2.29. The molecule has 2 aromatic carbocycles. The molecule has 5 nitrogen and oxygen atoms in total. The number of aromatic nitrogens is 1. The van der Waals surface area contributed by atoms with Crippen molar-refractivity contribution in [3.8, 4) is 6.07 Å². The number of thiazole rings is 1. The Balaban J connectivity index is 1.44. The summed E-state index contributed by atoms with van der Waals surface area (Å²) in [6.07, 6.45) is 2.16. The zero-order chi connectivity index (χ0) is 19.5. The van der Waals surface area contributed by atoms with E-state index in [1.165, 1.54) is 9.71 Å². The number of nitrogens with zero attached hydrogens (tertiary/aromatic N) is 3. The van der Waals surface area contributed by atoms with Crippen LogP contribution in [0, 0.1) is 11.3 Å². The van der Waals surface area contributed by atoms with Gasteiger partial charge in [-0.25, -0.2) is 4.98 Å². The smallest absolute Gasteiger partial charge is 0.241 e. The van der Waals surface area contributed by atoms with Crippen molar-refractivity contribution in [2.75, 3.05) is 18.4 Å². The van der Waals surface area contributed by atoms with Gasteiger partial charge < -0.3 is 5.32 Å². The minimum Gasteiger partial charge on any atom is -0.325 e. The average Bonchev–Trinajstić information content (AvgIpc) is 3.18. The van der Waals surface area contributed by atoms with Gasteiger partial charge in [-0.15, -0.1) is 11.3 Å². The number of para-hydroxylation sites is 1. The lowest BCUT2D eigenvalue weighted by molar-refractivity contribution is -0.121. The molecule has 1 amide bonds. The molecule has 3 aromatic rings. The molecule has 0 bridgehead atoms. The first-order valence-corrected chi connectivity index (χ1v) is 10.4. The third-order valence-electron chi connectivity index (χ3n) is 5.30. The van der Waals surface area contributed by atoms with Gasteiger partial charge in [0.2, 0.25) is 5.91 Å². The van der Waals surface area contributed by atoms with E-state index in [4.69, 9.17) is 10.2 Å². The Morgan fingerprint density at radius 3 is 3.00 bits per heavy atom. The van der Waals surface area contributed by atoms with E-state index in [1.807, 2.05) is 25.1 Å². The van der Waals surface area contributed by atoms with E-state index in [9.17, 15) is 4.79 Å². The molecule has 1 fully saturated rings.